The summed E-state index contributed by atoms with van der Waals surface area (Å²) in [5, 5.41) is 3.06. The van der Waals surface area contributed by atoms with E-state index in [4.69, 9.17) is 0 Å². The monoisotopic (exact) mass is 332 g/mol. The Labute approximate surface area is 133 Å². The lowest BCUT2D eigenvalue weighted by Crippen LogP contribution is -2.58. The van der Waals surface area contributed by atoms with Gasteiger partial charge in [-0.3, -0.25) is 4.79 Å². The van der Waals surface area contributed by atoms with Crippen LogP contribution in [0.25, 0.3) is 0 Å². The topological polar surface area (TPSA) is 73.0 Å². The van der Waals surface area contributed by atoms with E-state index in [1.54, 1.807) is 11.4 Å². The fraction of sp³-hybridized carbons (Fsp3) is 0.929. The zero-order chi connectivity index (χ0) is 16.2. The molecule has 1 N–H and O–H groups in total. The van der Waals surface area contributed by atoms with E-state index >= 15 is 0 Å². The molecule has 2 heterocycles. The second-order valence-electron chi connectivity index (χ2n) is 6.10. The molecule has 0 bridgehead atoms. The number of unbranched alkanes of at least 4 members (excludes halogenated alkanes) is 1. The van der Waals surface area contributed by atoms with Crippen molar-refractivity contribution in [3.8, 4) is 0 Å². The van der Waals surface area contributed by atoms with Gasteiger partial charge in [-0.25, -0.2) is 0 Å². The van der Waals surface area contributed by atoms with Crippen molar-refractivity contribution in [3.05, 3.63) is 0 Å². The number of piperidine rings is 1. The van der Waals surface area contributed by atoms with Gasteiger partial charge in [0, 0.05) is 45.8 Å². The normalized spacial score (nSPS) is 25.0. The summed E-state index contributed by atoms with van der Waals surface area (Å²) in [5.74, 6) is 0.0786. The molecule has 0 aromatic carbocycles. The Balaban J connectivity index is 2.01. The Morgan fingerprint density at radius 3 is 2.82 bits per heavy atom. The number of carbonyl (C=O) groups is 1. The van der Waals surface area contributed by atoms with Crippen molar-refractivity contribution < 1.29 is 13.2 Å². The SMILES string of the molecule is CCCCN(C)S(=O)(=O)N1CCCC(N2CCNCC2=O)C1. The van der Waals surface area contributed by atoms with Crippen LogP contribution in [0, 0.1) is 0 Å². The van der Waals surface area contributed by atoms with Gasteiger partial charge in [-0.15, -0.1) is 0 Å². The van der Waals surface area contributed by atoms with E-state index in [2.05, 4.69) is 5.32 Å². The second-order valence-corrected chi connectivity index (χ2v) is 8.14. The van der Waals surface area contributed by atoms with Crippen LogP contribution in [-0.4, -0.2) is 80.2 Å². The van der Waals surface area contributed by atoms with Gasteiger partial charge < -0.3 is 10.2 Å². The lowest BCUT2D eigenvalue weighted by molar-refractivity contribution is -0.135. The van der Waals surface area contributed by atoms with E-state index in [0.29, 0.717) is 32.7 Å². The van der Waals surface area contributed by atoms with Crippen molar-refractivity contribution in [2.75, 3.05) is 46.3 Å². The van der Waals surface area contributed by atoms with Gasteiger partial charge in [0.2, 0.25) is 5.91 Å². The molecule has 0 radical (unpaired) electrons. The molecule has 0 aliphatic carbocycles. The van der Waals surface area contributed by atoms with Gasteiger partial charge in [0.05, 0.1) is 6.54 Å². The Kier molecular flexibility index (Phi) is 6.19. The van der Waals surface area contributed by atoms with Crippen LogP contribution >= 0.6 is 0 Å². The van der Waals surface area contributed by atoms with Crippen LogP contribution in [-0.2, 0) is 15.0 Å². The summed E-state index contributed by atoms with van der Waals surface area (Å²) in [6.45, 7) is 5.38. The maximum absolute atomic E-state index is 12.6. The van der Waals surface area contributed by atoms with Gasteiger partial charge in [-0.2, -0.15) is 17.0 Å². The van der Waals surface area contributed by atoms with Crippen molar-refractivity contribution >= 4 is 16.1 Å². The van der Waals surface area contributed by atoms with Gasteiger partial charge in [0.15, 0.2) is 0 Å². The van der Waals surface area contributed by atoms with E-state index in [-0.39, 0.29) is 11.9 Å². The van der Waals surface area contributed by atoms with Gasteiger partial charge in [-0.1, -0.05) is 13.3 Å². The maximum atomic E-state index is 12.6. The molecule has 22 heavy (non-hydrogen) atoms. The summed E-state index contributed by atoms with van der Waals surface area (Å²) in [4.78, 5) is 13.9. The van der Waals surface area contributed by atoms with Crippen LogP contribution < -0.4 is 5.32 Å². The smallest absolute Gasteiger partial charge is 0.281 e. The molecular weight excluding hydrogens is 304 g/mol. The average Bonchev–Trinajstić information content (AvgIpc) is 2.53. The molecule has 8 heteroatoms. The minimum absolute atomic E-state index is 0.0118. The van der Waals surface area contributed by atoms with E-state index in [1.165, 1.54) is 4.31 Å². The zero-order valence-electron chi connectivity index (χ0n) is 13.6. The molecule has 2 aliphatic heterocycles. The van der Waals surface area contributed by atoms with E-state index in [0.717, 1.165) is 32.2 Å². The van der Waals surface area contributed by atoms with Crippen molar-refractivity contribution in [2.24, 2.45) is 0 Å². The van der Waals surface area contributed by atoms with Gasteiger partial charge >= 0.3 is 0 Å². The Morgan fingerprint density at radius 1 is 1.36 bits per heavy atom. The molecule has 0 aromatic heterocycles. The third-order valence-electron chi connectivity index (χ3n) is 4.47. The molecule has 2 fully saturated rings. The molecule has 2 aliphatic rings. The number of nitrogens with zero attached hydrogens (tertiary/aromatic N) is 3. The number of amides is 1. The molecule has 0 spiro atoms. The second kappa shape index (κ2) is 7.72. The summed E-state index contributed by atoms with van der Waals surface area (Å²) in [7, 11) is -1.77. The first-order chi connectivity index (χ1) is 10.5. The highest BCUT2D eigenvalue weighted by atomic mass is 32.2. The standard InChI is InChI=1S/C14H28N4O3S/c1-3-4-8-16(2)22(20,21)17-9-5-6-13(12-17)18-10-7-15-11-14(18)19/h13,15H,3-12H2,1-2H3. The lowest BCUT2D eigenvalue weighted by atomic mass is 10.1. The molecule has 0 aromatic rings. The van der Waals surface area contributed by atoms with Crippen molar-refractivity contribution in [3.63, 3.8) is 0 Å². The van der Waals surface area contributed by atoms with Crippen LogP contribution in [0.4, 0.5) is 0 Å². The predicted octanol–water partition coefficient (Wildman–Crippen LogP) is -0.141. The first-order valence-electron chi connectivity index (χ1n) is 8.18. The van der Waals surface area contributed by atoms with Gasteiger partial charge in [0.1, 0.15) is 0 Å². The summed E-state index contributed by atoms with van der Waals surface area (Å²) in [5.41, 5.74) is 0. The molecular formula is C14H28N4O3S. The van der Waals surface area contributed by atoms with E-state index in [1.807, 2.05) is 11.8 Å². The summed E-state index contributed by atoms with van der Waals surface area (Å²) in [6, 6.07) is 0.0118. The summed E-state index contributed by atoms with van der Waals surface area (Å²) in [6.07, 6.45) is 3.53. The lowest BCUT2D eigenvalue weighted by Gasteiger charge is -2.41. The highest BCUT2D eigenvalue weighted by molar-refractivity contribution is 7.86. The van der Waals surface area contributed by atoms with Crippen LogP contribution in [0.15, 0.2) is 0 Å². The number of carbonyl (C=O) groups excluding carboxylic acids is 1. The van der Waals surface area contributed by atoms with Crippen molar-refractivity contribution in [2.45, 2.75) is 38.6 Å². The third kappa shape index (κ3) is 3.98. The third-order valence-corrected chi connectivity index (χ3v) is 6.43. The highest BCUT2D eigenvalue weighted by Gasteiger charge is 2.35. The quantitative estimate of drug-likeness (QED) is 0.735. The van der Waals surface area contributed by atoms with Crippen LogP contribution in [0.5, 0.6) is 0 Å². The number of piperazine rings is 1. The fourth-order valence-electron chi connectivity index (χ4n) is 3.09. The Morgan fingerprint density at radius 2 is 2.14 bits per heavy atom. The van der Waals surface area contributed by atoms with Crippen molar-refractivity contribution in [1.82, 2.24) is 18.8 Å². The predicted molar refractivity (Wildman–Crippen MR) is 85.6 cm³/mol. The molecule has 2 rings (SSSR count). The molecule has 1 atom stereocenters. The van der Waals surface area contributed by atoms with E-state index in [9.17, 15) is 13.2 Å². The molecule has 128 valence electrons. The fourth-order valence-corrected chi connectivity index (χ4v) is 4.56. The largest absolute Gasteiger partial charge is 0.336 e. The maximum Gasteiger partial charge on any atom is 0.281 e. The minimum atomic E-state index is -3.41. The highest BCUT2D eigenvalue weighted by Crippen LogP contribution is 2.21. The molecule has 7 nitrogen and oxygen atoms in total. The molecule has 0 saturated carbocycles. The van der Waals surface area contributed by atoms with Gasteiger partial charge in [0.25, 0.3) is 10.2 Å². The number of hydrogen-bond donors (Lipinski definition) is 1. The van der Waals surface area contributed by atoms with Crippen LogP contribution in [0.1, 0.15) is 32.6 Å². The van der Waals surface area contributed by atoms with Crippen molar-refractivity contribution in [1.29, 1.82) is 0 Å². The number of rotatable bonds is 6. The van der Waals surface area contributed by atoms with Crippen LogP contribution in [0.2, 0.25) is 0 Å². The average molecular weight is 332 g/mol. The zero-order valence-corrected chi connectivity index (χ0v) is 14.4. The molecule has 1 amide bonds. The van der Waals surface area contributed by atoms with Gasteiger partial charge in [-0.05, 0) is 19.3 Å². The Bertz CT molecular complexity index is 482. The first-order valence-corrected chi connectivity index (χ1v) is 9.58. The first kappa shape index (κ1) is 17.7. The minimum Gasteiger partial charge on any atom is -0.336 e. The number of hydrogen-bond acceptors (Lipinski definition) is 4. The Hall–Kier alpha value is -0.700. The molecule has 1 unspecified atom stereocenters. The number of nitrogens with one attached hydrogen (secondary N) is 1. The summed E-state index contributed by atoms with van der Waals surface area (Å²) >= 11 is 0. The van der Waals surface area contributed by atoms with E-state index < -0.39 is 10.2 Å². The molecule has 2 saturated heterocycles. The van der Waals surface area contributed by atoms with Crippen LogP contribution in [0.3, 0.4) is 0 Å². The summed E-state index contributed by atoms with van der Waals surface area (Å²) < 4.78 is 28.3.